The van der Waals surface area contributed by atoms with Crippen LogP contribution in [0.2, 0.25) is 0 Å². The molecule has 0 unspecified atom stereocenters. The van der Waals surface area contributed by atoms with Crippen molar-refractivity contribution >= 4 is 0 Å². The van der Waals surface area contributed by atoms with E-state index in [1.54, 1.807) is 73.6 Å². The Kier molecular flexibility index (Phi) is 11.9. The normalized spacial score (nSPS) is 8.27. The number of benzene rings is 1. The van der Waals surface area contributed by atoms with E-state index in [4.69, 9.17) is 31.1 Å². The van der Waals surface area contributed by atoms with Gasteiger partial charge in [0.2, 0.25) is 0 Å². The molecule has 0 aliphatic heterocycles. The lowest BCUT2D eigenvalue weighted by atomic mass is 10.3. The fourth-order valence-corrected chi connectivity index (χ4v) is 1.86. The highest BCUT2D eigenvalue weighted by atomic mass is 16.3. The summed E-state index contributed by atoms with van der Waals surface area (Å²) < 4.78 is 0. The van der Waals surface area contributed by atoms with E-state index in [1.807, 2.05) is 18.2 Å². The van der Waals surface area contributed by atoms with Gasteiger partial charge in [-0.2, -0.15) is 15.8 Å². The molecule has 0 saturated carbocycles. The van der Waals surface area contributed by atoms with E-state index >= 15 is 0 Å². The second-order valence-electron chi connectivity index (χ2n) is 5.75. The lowest BCUT2D eigenvalue weighted by molar-refractivity contribution is 0.428. The summed E-state index contributed by atoms with van der Waals surface area (Å²) >= 11 is 0. The summed E-state index contributed by atoms with van der Waals surface area (Å²) in [5.74, 6) is -0.437. The monoisotopic (exact) mass is 438 g/mol. The Labute approximate surface area is 190 Å². The van der Waals surface area contributed by atoms with Crippen molar-refractivity contribution in [2.24, 2.45) is 0 Å². The molecule has 0 amide bonds. The van der Waals surface area contributed by atoms with Crippen molar-refractivity contribution in [2.75, 3.05) is 0 Å². The Bertz CT molecular complexity index is 1050. The maximum atomic E-state index is 8.67. The van der Waals surface area contributed by atoms with Gasteiger partial charge in [-0.1, -0.05) is 0 Å². The van der Waals surface area contributed by atoms with Gasteiger partial charge in [-0.3, -0.25) is 15.0 Å². The fourth-order valence-electron chi connectivity index (χ4n) is 1.86. The zero-order valence-electron chi connectivity index (χ0n) is 17.2. The third kappa shape index (κ3) is 12.0. The summed E-state index contributed by atoms with van der Waals surface area (Å²) in [6.45, 7) is 0. The van der Waals surface area contributed by atoms with E-state index < -0.39 is 0 Å². The molecule has 9 nitrogen and oxygen atoms in total. The first kappa shape index (κ1) is 25.6. The molecule has 0 fully saturated rings. The summed E-state index contributed by atoms with van der Waals surface area (Å²) in [7, 11) is 0. The lowest BCUT2D eigenvalue weighted by Crippen LogP contribution is -1.71. The van der Waals surface area contributed by atoms with Gasteiger partial charge < -0.3 is 15.3 Å². The SMILES string of the molecule is N#Cc1ccncc1.N#Cc1ccncc1.N#Cc1ccncc1.Oc1cc(O)cc(O)c1. The summed E-state index contributed by atoms with van der Waals surface area (Å²) in [6.07, 6.45) is 9.57. The van der Waals surface area contributed by atoms with E-state index in [0.29, 0.717) is 16.7 Å². The van der Waals surface area contributed by atoms with E-state index in [-0.39, 0.29) is 17.2 Å². The Morgan fingerprint density at radius 1 is 0.455 bits per heavy atom. The van der Waals surface area contributed by atoms with Crippen LogP contribution in [0.5, 0.6) is 17.2 Å². The maximum Gasteiger partial charge on any atom is 0.122 e. The minimum absolute atomic E-state index is 0.146. The lowest BCUT2D eigenvalue weighted by Gasteiger charge is -1.94. The molecule has 33 heavy (non-hydrogen) atoms. The van der Waals surface area contributed by atoms with E-state index in [0.717, 1.165) is 18.2 Å². The number of pyridine rings is 3. The molecule has 0 radical (unpaired) electrons. The van der Waals surface area contributed by atoms with Crippen LogP contribution in [0.15, 0.2) is 91.8 Å². The van der Waals surface area contributed by atoms with Gasteiger partial charge in [0.15, 0.2) is 0 Å². The minimum Gasteiger partial charge on any atom is -0.508 e. The molecule has 0 saturated heterocycles. The number of nitrogens with zero attached hydrogens (tertiary/aromatic N) is 6. The summed E-state index contributed by atoms with van der Waals surface area (Å²) in [5, 5.41) is 50.8. The number of rotatable bonds is 0. The predicted molar refractivity (Wildman–Crippen MR) is 118 cm³/mol. The van der Waals surface area contributed by atoms with Gasteiger partial charge in [-0.05, 0) is 36.4 Å². The molecule has 4 aromatic rings. The Balaban J connectivity index is 0.000000220. The number of aromatic hydroxyl groups is 3. The van der Waals surface area contributed by atoms with Crippen LogP contribution in [0, 0.1) is 34.0 Å². The number of phenolic OH excluding ortho intramolecular Hbond substituents is 3. The molecule has 0 aliphatic carbocycles. The highest BCUT2D eigenvalue weighted by Gasteiger charge is 1.94. The first-order valence-corrected chi connectivity index (χ1v) is 9.10. The molecule has 9 heteroatoms. The summed E-state index contributed by atoms with van der Waals surface area (Å²) in [6, 6.07) is 19.4. The number of hydrogen-bond donors (Lipinski definition) is 3. The van der Waals surface area contributed by atoms with Crippen molar-refractivity contribution in [1.82, 2.24) is 15.0 Å². The zero-order chi connectivity index (χ0) is 24.3. The highest BCUT2D eigenvalue weighted by Crippen LogP contribution is 2.23. The molecule has 162 valence electrons. The zero-order valence-corrected chi connectivity index (χ0v) is 17.2. The smallest absolute Gasteiger partial charge is 0.122 e. The standard InChI is InChI=1S/3C6H4N2.C6H6O3/c3*7-5-6-1-3-8-4-2-6;7-4-1-5(8)3-6(9)2-4/h3*1-4H;1-3,7-9H. The van der Waals surface area contributed by atoms with Crippen LogP contribution in [0.1, 0.15) is 16.7 Å². The quantitative estimate of drug-likeness (QED) is 0.370. The van der Waals surface area contributed by atoms with Gasteiger partial charge >= 0.3 is 0 Å². The van der Waals surface area contributed by atoms with Crippen molar-refractivity contribution in [3.8, 4) is 35.5 Å². The first-order chi connectivity index (χ1) is 16.0. The van der Waals surface area contributed by atoms with Crippen LogP contribution in [-0.4, -0.2) is 30.3 Å². The number of aromatic nitrogens is 3. The van der Waals surface area contributed by atoms with Gasteiger partial charge in [0, 0.05) is 55.4 Å². The summed E-state index contributed by atoms with van der Waals surface area (Å²) in [5.41, 5.74) is 1.96. The first-order valence-electron chi connectivity index (χ1n) is 9.10. The third-order valence-electron chi connectivity index (χ3n) is 3.32. The van der Waals surface area contributed by atoms with E-state index in [1.165, 1.54) is 0 Å². The molecule has 3 aromatic heterocycles. The van der Waals surface area contributed by atoms with Gasteiger partial charge in [-0.25, -0.2) is 0 Å². The van der Waals surface area contributed by atoms with Gasteiger partial charge in [0.25, 0.3) is 0 Å². The predicted octanol–water partition coefficient (Wildman–Crippen LogP) is 3.66. The van der Waals surface area contributed by atoms with Crippen molar-refractivity contribution in [2.45, 2.75) is 0 Å². The average Bonchev–Trinajstić information content (AvgIpc) is 2.86. The van der Waals surface area contributed by atoms with Gasteiger partial charge in [-0.15, -0.1) is 0 Å². The van der Waals surface area contributed by atoms with Crippen molar-refractivity contribution in [3.05, 3.63) is 108 Å². The Morgan fingerprint density at radius 2 is 0.667 bits per heavy atom. The molecular weight excluding hydrogens is 420 g/mol. The van der Waals surface area contributed by atoms with Crippen molar-refractivity contribution in [3.63, 3.8) is 0 Å². The molecule has 0 atom stereocenters. The van der Waals surface area contributed by atoms with Gasteiger partial charge in [0.1, 0.15) is 17.2 Å². The van der Waals surface area contributed by atoms with Crippen LogP contribution in [0.25, 0.3) is 0 Å². The Hall–Kier alpha value is -5.46. The van der Waals surface area contributed by atoms with E-state index in [2.05, 4.69) is 15.0 Å². The molecule has 1 aromatic carbocycles. The largest absolute Gasteiger partial charge is 0.508 e. The molecule has 0 bridgehead atoms. The fraction of sp³-hybridized carbons (Fsp3) is 0. The van der Waals surface area contributed by atoms with Crippen LogP contribution >= 0.6 is 0 Å². The number of nitriles is 3. The molecule has 4 rings (SSSR count). The second-order valence-corrected chi connectivity index (χ2v) is 5.75. The number of phenols is 3. The van der Waals surface area contributed by atoms with E-state index in [9.17, 15) is 0 Å². The second kappa shape index (κ2) is 15.4. The minimum atomic E-state index is -0.146. The molecule has 0 spiro atoms. The topological polar surface area (TPSA) is 171 Å². The molecule has 3 N–H and O–H groups in total. The number of hydrogen-bond acceptors (Lipinski definition) is 9. The van der Waals surface area contributed by atoms with Crippen LogP contribution in [0.4, 0.5) is 0 Å². The maximum absolute atomic E-state index is 8.67. The van der Waals surface area contributed by atoms with Crippen LogP contribution in [-0.2, 0) is 0 Å². The molecular formula is C24H18N6O3. The molecule has 0 aliphatic rings. The van der Waals surface area contributed by atoms with Crippen molar-refractivity contribution in [1.29, 1.82) is 15.8 Å². The van der Waals surface area contributed by atoms with Gasteiger partial charge in [0.05, 0.1) is 34.9 Å². The highest BCUT2D eigenvalue weighted by molar-refractivity contribution is 5.39. The average molecular weight is 438 g/mol. The summed E-state index contributed by atoms with van der Waals surface area (Å²) in [4.78, 5) is 11.2. The third-order valence-corrected chi connectivity index (χ3v) is 3.32. The van der Waals surface area contributed by atoms with Crippen LogP contribution < -0.4 is 0 Å². The van der Waals surface area contributed by atoms with Crippen LogP contribution in [0.3, 0.4) is 0 Å². The van der Waals surface area contributed by atoms with Crippen molar-refractivity contribution < 1.29 is 15.3 Å². The molecule has 3 heterocycles. The Morgan fingerprint density at radius 3 is 0.818 bits per heavy atom.